The summed E-state index contributed by atoms with van der Waals surface area (Å²) in [6, 6.07) is 3.22. The number of esters is 1. The number of aromatic nitrogens is 2. The molecule has 122 valence electrons. The van der Waals surface area contributed by atoms with E-state index in [-0.39, 0.29) is 16.6 Å². The number of hydrogen-bond acceptors (Lipinski definition) is 6. The minimum absolute atomic E-state index is 0.0261. The van der Waals surface area contributed by atoms with Crippen molar-refractivity contribution in [2.24, 2.45) is 0 Å². The first-order valence-corrected chi connectivity index (χ1v) is 7.31. The van der Waals surface area contributed by atoms with E-state index in [1.165, 1.54) is 6.20 Å². The van der Waals surface area contributed by atoms with Crippen LogP contribution in [0.3, 0.4) is 0 Å². The summed E-state index contributed by atoms with van der Waals surface area (Å²) < 4.78 is 10.1. The molecule has 0 aliphatic rings. The van der Waals surface area contributed by atoms with Crippen LogP contribution in [0.2, 0.25) is 5.15 Å². The van der Waals surface area contributed by atoms with E-state index >= 15 is 0 Å². The van der Waals surface area contributed by atoms with Crippen molar-refractivity contribution >= 4 is 29.2 Å². The highest BCUT2D eigenvalue weighted by molar-refractivity contribution is 6.32. The molecule has 2 aromatic rings. The van der Waals surface area contributed by atoms with Gasteiger partial charge in [-0.25, -0.2) is 9.78 Å². The molecule has 0 aromatic carbocycles. The standard InChI is InChI=1S/C15H16ClN3O4/c1-8(2)13-12(9(3)19-23-13)15(21)22-7-11(20)18-10-5-4-6-17-14(10)16/h4-6,8H,7H2,1-3H3,(H,18,20). The zero-order valence-electron chi connectivity index (χ0n) is 12.9. The summed E-state index contributed by atoms with van der Waals surface area (Å²) in [6.07, 6.45) is 1.50. The number of ether oxygens (including phenoxy) is 1. The summed E-state index contributed by atoms with van der Waals surface area (Å²) in [6.45, 7) is 4.93. The van der Waals surface area contributed by atoms with Crippen LogP contribution in [0.1, 0.15) is 41.6 Å². The molecule has 0 saturated heterocycles. The Morgan fingerprint density at radius 2 is 2.17 bits per heavy atom. The topological polar surface area (TPSA) is 94.3 Å². The Bertz CT molecular complexity index is 727. The maximum absolute atomic E-state index is 12.1. The van der Waals surface area contributed by atoms with Crippen molar-refractivity contribution < 1.29 is 18.8 Å². The number of halogens is 1. The molecule has 8 heteroatoms. The average Bonchev–Trinajstić information content (AvgIpc) is 2.89. The predicted octanol–water partition coefficient (Wildman–Crippen LogP) is 2.95. The van der Waals surface area contributed by atoms with Gasteiger partial charge in [-0.15, -0.1) is 0 Å². The zero-order chi connectivity index (χ0) is 17.0. The number of amides is 1. The summed E-state index contributed by atoms with van der Waals surface area (Å²) >= 11 is 5.83. The lowest BCUT2D eigenvalue weighted by molar-refractivity contribution is -0.119. The van der Waals surface area contributed by atoms with Gasteiger partial charge in [-0.3, -0.25) is 4.79 Å². The maximum Gasteiger partial charge on any atom is 0.344 e. The molecule has 0 unspecified atom stereocenters. The molecule has 0 bridgehead atoms. The van der Waals surface area contributed by atoms with Crippen LogP contribution < -0.4 is 5.32 Å². The van der Waals surface area contributed by atoms with Crippen LogP contribution in [0.25, 0.3) is 0 Å². The van der Waals surface area contributed by atoms with Crippen LogP contribution in [0.15, 0.2) is 22.9 Å². The fourth-order valence-electron chi connectivity index (χ4n) is 1.90. The van der Waals surface area contributed by atoms with Crippen LogP contribution in [0, 0.1) is 6.92 Å². The Morgan fingerprint density at radius 3 is 2.83 bits per heavy atom. The Balaban J connectivity index is 1.98. The lowest BCUT2D eigenvalue weighted by Crippen LogP contribution is -2.21. The summed E-state index contributed by atoms with van der Waals surface area (Å²) in [5.74, 6) is -0.765. The fourth-order valence-corrected chi connectivity index (χ4v) is 2.07. The van der Waals surface area contributed by atoms with Crippen molar-refractivity contribution in [2.45, 2.75) is 26.7 Å². The molecule has 0 spiro atoms. The van der Waals surface area contributed by atoms with Gasteiger partial charge in [0.2, 0.25) is 0 Å². The van der Waals surface area contributed by atoms with Gasteiger partial charge < -0.3 is 14.6 Å². The first-order chi connectivity index (χ1) is 10.9. The van der Waals surface area contributed by atoms with Gasteiger partial charge >= 0.3 is 5.97 Å². The molecule has 2 heterocycles. The van der Waals surface area contributed by atoms with Gasteiger partial charge in [0.05, 0.1) is 11.4 Å². The molecule has 2 rings (SSSR count). The van der Waals surface area contributed by atoms with E-state index < -0.39 is 18.5 Å². The lowest BCUT2D eigenvalue weighted by Gasteiger charge is -2.08. The van der Waals surface area contributed by atoms with Gasteiger partial charge in [0.25, 0.3) is 5.91 Å². The van der Waals surface area contributed by atoms with E-state index in [4.69, 9.17) is 20.9 Å². The normalized spacial score (nSPS) is 10.7. The van der Waals surface area contributed by atoms with Crippen LogP contribution >= 0.6 is 11.6 Å². The second kappa shape index (κ2) is 7.23. The van der Waals surface area contributed by atoms with Crippen molar-refractivity contribution in [1.82, 2.24) is 10.1 Å². The summed E-state index contributed by atoms with van der Waals surface area (Å²) in [5, 5.41) is 6.43. The van der Waals surface area contributed by atoms with E-state index in [1.54, 1.807) is 19.1 Å². The van der Waals surface area contributed by atoms with Gasteiger partial charge in [-0.05, 0) is 19.1 Å². The van der Waals surface area contributed by atoms with Crippen LogP contribution in [-0.4, -0.2) is 28.6 Å². The number of nitrogens with one attached hydrogen (secondary N) is 1. The van der Waals surface area contributed by atoms with Crippen molar-refractivity contribution in [3.63, 3.8) is 0 Å². The smallest absolute Gasteiger partial charge is 0.344 e. The fraction of sp³-hybridized carbons (Fsp3) is 0.333. The van der Waals surface area contributed by atoms with E-state index in [1.807, 2.05) is 13.8 Å². The van der Waals surface area contributed by atoms with Crippen LogP contribution in [0.4, 0.5) is 5.69 Å². The number of anilines is 1. The molecule has 0 aliphatic carbocycles. The number of pyridine rings is 1. The van der Waals surface area contributed by atoms with Gasteiger partial charge in [-0.2, -0.15) is 0 Å². The summed E-state index contributed by atoms with van der Waals surface area (Å²) in [4.78, 5) is 27.8. The largest absolute Gasteiger partial charge is 0.452 e. The Labute approximate surface area is 138 Å². The highest BCUT2D eigenvalue weighted by Crippen LogP contribution is 2.23. The quantitative estimate of drug-likeness (QED) is 0.665. The average molecular weight is 338 g/mol. The molecule has 2 aromatic heterocycles. The van der Waals surface area contributed by atoms with Gasteiger partial charge in [-0.1, -0.05) is 30.6 Å². The molecule has 0 fully saturated rings. The SMILES string of the molecule is Cc1noc(C(C)C)c1C(=O)OCC(=O)Nc1cccnc1Cl. The summed E-state index contributed by atoms with van der Waals surface area (Å²) in [7, 11) is 0. The number of carbonyl (C=O) groups is 2. The van der Waals surface area contributed by atoms with Crippen LogP contribution in [0.5, 0.6) is 0 Å². The first kappa shape index (κ1) is 17.0. The molecule has 7 nitrogen and oxygen atoms in total. The molecule has 23 heavy (non-hydrogen) atoms. The van der Waals surface area contributed by atoms with Crippen molar-refractivity contribution in [2.75, 3.05) is 11.9 Å². The Kier molecular flexibility index (Phi) is 5.33. The number of hydrogen-bond donors (Lipinski definition) is 1. The molecule has 0 saturated carbocycles. The molecular formula is C15H16ClN3O4. The second-order valence-electron chi connectivity index (χ2n) is 5.13. The van der Waals surface area contributed by atoms with Crippen molar-refractivity contribution in [3.05, 3.63) is 40.5 Å². The second-order valence-corrected chi connectivity index (χ2v) is 5.49. The zero-order valence-corrected chi connectivity index (χ0v) is 13.7. The van der Waals surface area contributed by atoms with E-state index in [9.17, 15) is 9.59 Å². The highest BCUT2D eigenvalue weighted by Gasteiger charge is 2.24. The minimum atomic E-state index is -0.653. The van der Waals surface area contributed by atoms with Crippen LogP contribution in [-0.2, 0) is 9.53 Å². The number of rotatable bonds is 5. The molecule has 1 amide bonds. The third-order valence-corrected chi connectivity index (χ3v) is 3.29. The van der Waals surface area contributed by atoms with Gasteiger partial charge in [0.1, 0.15) is 5.56 Å². The lowest BCUT2D eigenvalue weighted by atomic mass is 10.1. The van der Waals surface area contributed by atoms with Gasteiger partial charge in [0, 0.05) is 12.1 Å². The summed E-state index contributed by atoms with van der Waals surface area (Å²) in [5.41, 5.74) is 1.03. The number of aryl methyl sites for hydroxylation is 1. The molecule has 0 radical (unpaired) electrons. The van der Waals surface area contributed by atoms with E-state index in [0.717, 1.165) is 0 Å². The third kappa shape index (κ3) is 4.07. The number of carbonyl (C=O) groups excluding carboxylic acids is 2. The van der Waals surface area contributed by atoms with Crippen molar-refractivity contribution in [1.29, 1.82) is 0 Å². The molecule has 0 atom stereocenters. The Morgan fingerprint density at radius 1 is 1.43 bits per heavy atom. The third-order valence-electron chi connectivity index (χ3n) is 2.99. The molecular weight excluding hydrogens is 322 g/mol. The molecule has 1 N–H and O–H groups in total. The first-order valence-electron chi connectivity index (χ1n) is 6.93. The van der Waals surface area contributed by atoms with Crippen molar-refractivity contribution in [3.8, 4) is 0 Å². The minimum Gasteiger partial charge on any atom is -0.452 e. The Hall–Kier alpha value is -2.41. The van der Waals surface area contributed by atoms with E-state index in [2.05, 4.69) is 15.5 Å². The number of nitrogens with zero attached hydrogens (tertiary/aromatic N) is 2. The maximum atomic E-state index is 12.1. The van der Waals surface area contributed by atoms with E-state index in [0.29, 0.717) is 17.1 Å². The monoisotopic (exact) mass is 337 g/mol. The highest BCUT2D eigenvalue weighted by atomic mass is 35.5. The predicted molar refractivity (Wildman–Crippen MR) is 83.5 cm³/mol. The molecule has 0 aliphatic heterocycles. The van der Waals surface area contributed by atoms with Gasteiger partial charge in [0.15, 0.2) is 17.5 Å².